The van der Waals surface area contributed by atoms with Gasteiger partial charge in [-0.25, -0.2) is 0 Å². The van der Waals surface area contributed by atoms with Crippen molar-refractivity contribution in [2.75, 3.05) is 0 Å². The highest BCUT2D eigenvalue weighted by molar-refractivity contribution is 5.37. The molecular formula is C19H25NO. The average molecular weight is 283 g/mol. The summed E-state index contributed by atoms with van der Waals surface area (Å²) in [5.74, 6) is 1.40. The lowest BCUT2D eigenvalue weighted by Gasteiger charge is -2.23. The van der Waals surface area contributed by atoms with E-state index in [4.69, 9.17) is 10.5 Å². The second-order valence-electron chi connectivity index (χ2n) is 5.98. The van der Waals surface area contributed by atoms with E-state index in [9.17, 15) is 0 Å². The first-order chi connectivity index (χ1) is 9.99. The molecular weight excluding hydrogens is 258 g/mol. The predicted molar refractivity (Wildman–Crippen MR) is 88.7 cm³/mol. The van der Waals surface area contributed by atoms with Crippen LogP contribution in [0.15, 0.2) is 48.5 Å². The second kappa shape index (κ2) is 6.77. The summed E-state index contributed by atoms with van der Waals surface area (Å²) in [6.45, 7) is 8.52. The lowest BCUT2D eigenvalue weighted by atomic mass is 9.98. The Kier molecular flexibility index (Phi) is 5.03. The highest BCUT2D eigenvalue weighted by Gasteiger charge is 2.18. The van der Waals surface area contributed by atoms with E-state index in [0.717, 1.165) is 11.3 Å². The predicted octanol–water partition coefficient (Wildman–Crippen LogP) is 4.59. The Bertz CT molecular complexity index is 575. The van der Waals surface area contributed by atoms with Crippen LogP contribution < -0.4 is 10.5 Å². The van der Waals surface area contributed by atoms with Crippen molar-refractivity contribution in [1.29, 1.82) is 0 Å². The molecule has 2 N–H and O–H groups in total. The Balaban J connectivity index is 2.24. The van der Waals surface area contributed by atoms with Crippen molar-refractivity contribution < 1.29 is 4.74 Å². The molecule has 2 rings (SSSR count). The Morgan fingerprint density at radius 3 is 2.14 bits per heavy atom. The van der Waals surface area contributed by atoms with Gasteiger partial charge in [0, 0.05) is 6.04 Å². The minimum Gasteiger partial charge on any atom is -0.484 e. The van der Waals surface area contributed by atoms with Gasteiger partial charge < -0.3 is 10.5 Å². The molecule has 2 aromatic carbocycles. The van der Waals surface area contributed by atoms with Gasteiger partial charge >= 0.3 is 0 Å². The normalized spacial score (nSPS) is 14.0. The third-order valence-electron chi connectivity index (χ3n) is 3.73. The molecule has 0 aliphatic carbocycles. The molecule has 0 heterocycles. The van der Waals surface area contributed by atoms with Crippen molar-refractivity contribution in [2.24, 2.45) is 5.73 Å². The van der Waals surface area contributed by atoms with Crippen molar-refractivity contribution in [3.05, 3.63) is 65.2 Å². The van der Waals surface area contributed by atoms with Gasteiger partial charge in [-0.3, -0.25) is 0 Å². The number of benzene rings is 2. The van der Waals surface area contributed by atoms with Crippen molar-refractivity contribution in [3.63, 3.8) is 0 Å². The van der Waals surface area contributed by atoms with Crippen molar-refractivity contribution in [1.82, 2.24) is 0 Å². The monoisotopic (exact) mass is 283 g/mol. The number of aryl methyl sites for hydroxylation is 1. The van der Waals surface area contributed by atoms with Crippen LogP contribution in [0.2, 0.25) is 0 Å². The first-order valence-electron chi connectivity index (χ1n) is 7.56. The summed E-state index contributed by atoms with van der Waals surface area (Å²) in [5, 5.41) is 0. The second-order valence-corrected chi connectivity index (χ2v) is 5.98. The van der Waals surface area contributed by atoms with Crippen LogP contribution in [0.4, 0.5) is 0 Å². The fourth-order valence-electron chi connectivity index (χ4n) is 2.64. The maximum atomic E-state index is 6.15. The molecule has 2 aromatic rings. The number of nitrogens with two attached hydrogens (primary N) is 1. The van der Waals surface area contributed by atoms with Gasteiger partial charge in [-0.05, 0) is 48.6 Å². The number of hydrogen-bond donors (Lipinski definition) is 1. The van der Waals surface area contributed by atoms with Crippen LogP contribution >= 0.6 is 0 Å². The smallest absolute Gasteiger partial charge is 0.138 e. The first-order valence-corrected chi connectivity index (χ1v) is 7.56. The van der Waals surface area contributed by atoms with Crippen LogP contribution in [-0.2, 0) is 0 Å². The SMILES string of the molecule is Cc1cc(OC(c2ccccc2)C(C)N)ccc1C(C)C. The van der Waals surface area contributed by atoms with E-state index in [0.29, 0.717) is 5.92 Å². The summed E-state index contributed by atoms with van der Waals surface area (Å²) < 4.78 is 6.15. The van der Waals surface area contributed by atoms with E-state index < -0.39 is 0 Å². The molecule has 0 aliphatic heterocycles. The fraction of sp³-hybridized carbons (Fsp3) is 0.368. The molecule has 21 heavy (non-hydrogen) atoms. The maximum Gasteiger partial charge on any atom is 0.138 e. The van der Waals surface area contributed by atoms with E-state index in [2.05, 4.69) is 45.0 Å². The molecule has 112 valence electrons. The van der Waals surface area contributed by atoms with E-state index >= 15 is 0 Å². The zero-order valence-electron chi connectivity index (χ0n) is 13.3. The molecule has 0 spiro atoms. The highest BCUT2D eigenvalue weighted by Crippen LogP contribution is 2.28. The van der Waals surface area contributed by atoms with Crippen molar-refractivity contribution >= 4 is 0 Å². The molecule has 2 atom stereocenters. The third kappa shape index (κ3) is 3.85. The number of ether oxygens (including phenoxy) is 1. The van der Waals surface area contributed by atoms with Crippen molar-refractivity contribution in [3.8, 4) is 5.75 Å². The summed E-state index contributed by atoms with van der Waals surface area (Å²) in [6.07, 6.45) is -0.129. The van der Waals surface area contributed by atoms with E-state index in [1.54, 1.807) is 0 Å². The minimum absolute atomic E-state index is 0.0718. The molecule has 0 amide bonds. The first kappa shape index (κ1) is 15.6. The van der Waals surface area contributed by atoms with Gasteiger partial charge in [-0.2, -0.15) is 0 Å². The molecule has 2 unspecified atom stereocenters. The number of hydrogen-bond acceptors (Lipinski definition) is 2. The molecule has 0 aliphatic rings. The quantitative estimate of drug-likeness (QED) is 0.871. The molecule has 0 bridgehead atoms. The van der Waals surface area contributed by atoms with Crippen LogP contribution in [-0.4, -0.2) is 6.04 Å². The van der Waals surface area contributed by atoms with Gasteiger partial charge in [-0.15, -0.1) is 0 Å². The van der Waals surface area contributed by atoms with Crippen LogP contribution in [0.3, 0.4) is 0 Å². The molecule has 2 heteroatoms. The average Bonchev–Trinajstić information content (AvgIpc) is 2.45. The van der Waals surface area contributed by atoms with Gasteiger partial charge in [0.2, 0.25) is 0 Å². The summed E-state index contributed by atoms with van der Waals surface area (Å²) in [5.41, 5.74) is 9.84. The minimum atomic E-state index is -0.129. The van der Waals surface area contributed by atoms with Gasteiger partial charge in [0.05, 0.1) is 0 Å². The van der Waals surface area contributed by atoms with Gasteiger partial charge in [0.1, 0.15) is 11.9 Å². The highest BCUT2D eigenvalue weighted by atomic mass is 16.5. The maximum absolute atomic E-state index is 6.15. The van der Waals surface area contributed by atoms with Gasteiger partial charge in [0.15, 0.2) is 0 Å². The van der Waals surface area contributed by atoms with Crippen molar-refractivity contribution in [2.45, 2.75) is 45.8 Å². The Hall–Kier alpha value is -1.80. The topological polar surface area (TPSA) is 35.2 Å². The summed E-state index contributed by atoms with van der Waals surface area (Å²) >= 11 is 0. The molecule has 0 fully saturated rings. The van der Waals surface area contributed by atoms with Gasteiger partial charge in [-0.1, -0.05) is 50.2 Å². The molecule has 0 saturated heterocycles. The summed E-state index contributed by atoms with van der Waals surface area (Å²) in [7, 11) is 0. The van der Waals surface area contributed by atoms with E-state index in [-0.39, 0.29) is 12.1 Å². The van der Waals surface area contributed by atoms with Crippen LogP contribution in [0, 0.1) is 6.92 Å². The summed E-state index contributed by atoms with van der Waals surface area (Å²) in [4.78, 5) is 0. The van der Waals surface area contributed by atoms with E-state index in [1.165, 1.54) is 11.1 Å². The fourth-order valence-corrected chi connectivity index (χ4v) is 2.64. The molecule has 0 aromatic heterocycles. The standard InChI is InChI=1S/C19H25NO/c1-13(2)18-11-10-17(12-14(18)3)21-19(15(4)20)16-8-6-5-7-9-16/h5-13,15,19H,20H2,1-4H3. The zero-order valence-corrected chi connectivity index (χ0v) is 13.3. The molecule has 2 nitrogen and oxygen atoms in total. The molecule has 0 saturated carbocycles. The summed E-state index contributed by atoms with van der Waals surface area (Å²) in [6, 6.07) is 16.4. The largest absolute Gasteiger partial charge is 0.484 e. The lowest BCUT2D eigenvalue weighted by molar-refractivity contribution is 0.180. The van der Waals surface area contributed by atoms with Crippen LogP contribution in [0.5, 0.6) is 5.75 Å². The Labute approximate surface area is 127 Å². The third-order valence-corrected chi connectivity index (χ3v) is 3.73. The zero-order chi connectivity index (χ0) is 15.4. The van der Waals surface area contributed by atoms with Crippen LogP contribution in [0.1, 0.15) is 49.5 Å². The molecule has 0 radical (unpaired) electrons. The van der Waals surface area contributed by atoms with Crippen LogP contribution in [0.25, 0.3) is 0 Å². The van der Waals surface area contributed by atoms with E-state index in [1.807, 2.05) is 31.2 Å². The Morgan fingerprint density at radius 1 is 0.952 bits per heavy atom. The Morgan fingerprint density at radius 2 is 1.62 bits per heavy atom. The van der Waals surface area contributed by atoms with Gasteiger partial charge in [0.25, 0.3) is 0 Å². The number of rotatable bonds is 5. The lowest BCUT2D eigenvalue weighted by Crippen LogP contribution is -2.29.